The number of phenolic OH excluding ortho intramolecular Hbond substituents is 1. The van der Waals surface area contributed by atoms with Gasteiger partial charge < -0.3 is 9.84 Å². The fraction of sp³-hybridized carbons (Fsp3) is 0.296. The fourth-order valence-electron chi connectivity index (χ4n) is 4.29. The van der Waals surface area contributed by atoms with Crippen LogP contribution in [0, 0.1) is 0 Å². The molecule has 7 heteroatoms. The van der Waals surface area contributed by atoms with E-state index in [0.717, 1.165) is 49.9 Å². The Hall–Kier alpha value is -2.51. The molecule has 2 aromatic carbocycles. The molecule has 2 aliphatic carbocycles. The Balaban J connectivity index is 0.000000180. The molecular weight excluding hydrogens is 562 g/mol. The van der Waals surface area contributed by atoms with Gasteiger partial charge in [0.1, 0.15) is 29.2 Å². The molecule has 0 radical (unpaired) electrons. The average molecular weight is 587 g/mol. The quantitative estimate of drug-likeness (QED) is 0.392. The van der Waals surface area contributed by atoms with Crippen molar-refractivity contribution in [3.8, 4) is 11.5 Å². The van der Waals surface area contributed by atoms with Crippen molar-refractivity contribution in [2.45, 2.75) is 51.6 Å². The third kappa shape index (κ3) is 5.94. The van der Waals surface area contributed by atoms with Crippen LogP contribution in [0.1, 0.15) is 53.8 Å². The van der Waals surface area contributed by atoms with Crippen molar-refractivity contribution >= 4 is 43.4 Å². The van der Waals surface area contributed by atoms with Crippen molar-refractivity contribution in [2.24, 2.45) is 0 Å². The lowest BCUT2D eigenvalue weighted by molar-refractivity contribution is -0.119. The number of carbonyl (C=O) groups is 2. The first-order valence-corrected chi connectivity index (χ1v) is 12.8. The van der Waals surface area contributed by atoms with E-state index in [4.69, 9.17) is 4.74 Å². The Morgan fingerprint density at radius 3 is 2.15 bits per heavy atom. The monoisotopic (exact) mass is 585 g/mol. The summed E-state index contributed by atoms with van der Waals surface area (Å²) in [5.41, 5.74) is 5.00. The summed E-state index contributed by atoms with van der Waals surface area (Å²) in [6.45, 7) is 1.97. The summed E-state index contributed by atoms with van der Waals surface area (Å²) in [6, 6.07) is 13.4. The highest BCUT2D eigenvalue weighted by Gasteiger charge is 2.22. The number of halogens is 2. The number of rotatable bonds is 3. The first-order chi connectivity index (χ1) is 16.3. The van der Waals surface area contributed by atoms with Gasteiger partial charge in [0.25, 0.3) is 0 Å². The lowest BCUT2D eigenvalue weighted by Crippen LogP contribution is -2.16. The van der Waals surface area contributed by atoms with E-state index < -0.39 is 0 Å². The second-order valence-electron chi connectivity index (χ2n) is 8.55. The van der Waals surface area contributed by atoms with Crippen LogP contribution >= 0.6 is 31.9 Å². The largest absolute Gasteiger partial charge is 0.508 e. The fourth-order valence-corrected chi connectivity index (χ4v) is 5.26. The number of benzene rings is 2. The third-order valence-electron chi connectivity index (χ3n) is 6.05. The molecule has 5 nitrogen and oxygen atoms in total. The highest BCUT2D eigenvalue weighted by molar-refractivity contribution is 9.10. The van der Waals surface area contributed by atoms with Crippen molar-refractivity contribution in [3.63, 3.8) is 0 Å². The molecule has 3 aromatic rings. The minimum Gasteiger partial charge on any atom is -0.508 e. The smallest absolute Gasteiger partial charge is 0.138 e. The molecule has 176 valence electrons. The second kappa shape index (κ2) is 10.8. The number of aromatic nitrogens is 1. The lowest BCUT2D eigenvalue weighted by Gasteiger charge is -2.22. The standard InChI is InChI=1S/C17H16BrNO2.C10H9BrO2/c1-11(16-4-2-3-7-19-16)21-17-9-13(18)8-12-5-6-14(20)10-15(12)17;11-7-3-6-1-2-8(12)5-9(6)10(13)4-7/h2-4,7-9,11H,5-6,10H2,1H3;3-4,13H,1-2,5H2. The van der Waals surface area contributed by atoms with Gasteiger partial charge in [-0.25, -0.2) is 0 Å². The Morgan fingerprint density at radius 2 is 1.50 bits per heavy atom. The number of aromatic hydroxyl groups is 1. The van der Waals surface area contributed by atoms with E-state index >= 15 is 0 Å². The summed E-state index contributed by atoms with van der Waals surface area (Å²) < 4.78 is 7.94. The van der Waals surface area contributed by atoms with Crippen molar-refractivity contribution in [2.75, 3.05) is 0 Å². The molecule has 1 heterocycles. The first-order valence-electron chi connectivity index (χ1n) is 11.2. The van der Waals surface area contributed by atoms with Crippen LogP contribution in [-0.2, 0) is 35.3 Å². The highest BCUT2D eigenvalue weighted by Crippen LogP contribution is 2.34. The van der Waals surface area contributed by atoms with Gasteiger partial charge in [0.15, 0.2) is 0 Å². The molecule has 0 bridgehead atoms. The maximum Gasteiger partial charge on any atom is 0.138 e. The first kappa shape index (κ1) is 24.6. The van der Waals surface area contributed by atoms with E-state index in [1.165, 1.54) is 5.56 Å². The van der Waals surface area contributed by atoms with E-state index in [1.54, 1.807) is 12.3 Å². The summed E-state index contributed by atoms with van der Waals surface area (Å²) in [5, 5.41) is 9.57. The minimum atomic E-state index is -0.151. The van der Waals surface area contributed by atoms with Crippen molar-refractivity contribution in [3.05, 3.63) is 85.6 Å². The molecule has 5 rings (SSSR count). The maximum atomic E-state index is 11.7. The zero-order chi connectivity index (χ0) is 24.2. The molecule has 0 saturated carbocycles. The van der Waals surface area contributed by atoms with Crippen LogP contribution < -0.4 is 4.74 Å². The van der Waals surface area contributed by atoms with Crippen molar-refractivity contribution < 1.29 is 19.4 Å². The number of pyridine rings is 1. The van der Waals surface area contributed by atoms with E-state index in [9.17, 15) is 14.7 Å². The zero-order valence-corrected chi connectivity index (χ0v) is 22.0. The Kier molecular flexibility index (Phi) is 7.84. The molecule has 0 spiro atoms. The van der Waals surface area contributed by atoms with Gasteiger partial charge in [-0.3, -0.25) is 14.6 Å². The Morgan fingerprint density at radius 1 is 0.882 bits per heavy atom. The van der Waals surface area contributed by atoms with E-state index in [1.807, 2.05) is 37.3 Å². The van der Waals surface area contributed by atoms with Crippen LogP contribution in [0.25, 0.3) is 0 Å². The van der Waals surface area contributed by atoms with Gasteiger partial charge in [-0.2, -0.15) is 0 Å². The molecule has 1 unspecified atom stereocenters. The van der Waals surface area contributed by atoms with Gasteiger partial charge in [-0.05, 0) is 67.3 Å². The molecule has 2 aliphatic rings. The molecule has 1 atom stereocenters. The van der Waals surface area contributed by atoms with Crippen LogP contribution in [0.2, 0.25) is 0 Å². The van der Waals surface area contributed by atoms with Crippen LogP contribution in [0.4, 0.5) is 0 Å². The Bertz CT molecular complexity index is 1230. The molecule has 0 amide bonds. The molecule has 34 heavy (non-hydrogen) atoms. The number of ether oxygens (including phenoxy) is 1. The van der Waals surface area contributed by atoms with Crippen LogP contribution in [0.15, 0.2) is 57.6 Å². The lowest BCUT2D eigenvalue weighted by atomic mass is 9.90. The van der Waals surface area contributed by atoms with Crippen molar-refractivity contribution in [1.29, 1.82) is 0 Å². The van der Waals surface area contributed by atoms with Gasteiger partial charge in [-0.15, -0.1) is 0 Å². The topological polar surface area (TPSA) is 76.5 Å². The minimum absolute atomic E-state index is 0.151. The summed E-state index contributed by atoms with van der Waals surface area (Å²) >= 11 is 6.83. The number of ketones is 2. The molecular formula is C27H25Br2NO4. The molecule has 1 N–H and O–H groups in total. The highest BCUT2D eigenvalue weighted by atomic mass is 79.9. The summed E-state index contributed by atoms with van der Waals surface area (Å²) in [6.07, 6.45) is 5.22. The van der Waals surface area contributed by atoms with Gasteiger partial charge in [0.2, 0.25) is 0 Å². The van der Waals surface area contributed by atoms with Crippen LogP contribution in [0.3, 0.4) is 0 Å². The van der Waals surface area contributed by atoms with Gasteiger partial charge in [-0.1, -0.05) is 37.9 Å². The molecule has 0 aliphatic heterocycles. The predicted molar refractivity (Wildman–Crippen MR) is 137 cm³/mol. The SMILES string of the molecule is CC(Oc1cc(Br)cc2c1CC(=O)CC2)c1ccccn1.O=C1CCc2cc(Br)cc(O)c2C1. The summed E-state index contributed by atoms with van der Waals surface area (Å²) in [5.74, 6) is 1.51. The number of fused-ring (bicyclic) bond motifs is 2. The average Bonchev–Trinajstić information content (AvgIpc) is 2.81. The molecule has 0 saturated heterocycles. The van der Waals surface area contributed by atoms with Crippen LogP contribution in [0.5, 0.6) is 11.5 Å². The Labute approximate surface area is 215 Å². The van der Waals surface area contributed by atoms with E-state index in [2.05, 4.69) is 42.9 Å². The third-order valence-corrected chi connectivity index (χ3v) is 6.97. The molecule has 0 fully saturated rings. The normalized spacial score (nSPS) is 15.5. The number of Topliss-reactive ketones (excluding diaryl/α,β-unsaturated/α-hetero) is 2. The number of nitrogens with zero attached hydrogens (tertiary/aromatic N) is 1. The summed E-state index contributed by atoms with van der Waals surface area (Å²) in [4.78, 5) is 27.2. The van der Waals surface area contributed by atoms with Gasteiger partial charge in [0.05, 0.1) is 5.69 Å². The number of aryl methyl sites for hydroxylation is 2. The summed E-state index contributed by atoms with van der Waals surface area (Å²) in [7, 11) is 0. The second-order valence-corrected chi connectivity index (χ2v) is 10.4. The van der Waals surface area contributed by atoms with Gasteiger partial charge in [0, 0.05) is 52.0 Å². The number of carbonyl (C=O) groups excluding carboxylic acids is 2. The predicted octanol–water partition coefficient (Wildman–Crippen LogP) is 6.25. The number of hydrogen-bond acceptors (Lipinski definition) is 5. The van der Waals surface area contributed by atoms with Crippen LogP contribution in [-0.4, -0.2) is 21.7 Å². The van der Waals surface area contributed by atoms with Gasteiger partial charge >= 0.3 is 0 Å². The van der Waals surface area contributed by atoms with E-state index in [-0.39, 0.29) is 23.4 Å². The number of hydrogen-bond donors (Lipinski definition) is 1. The van der Waals surface area contributed by atoms with Crippen molar-refractivity contribution in [1.82, 2.24) is 4.98 Å². The van der Waals surface area contributed by atoms with E-state index in [0.29, 0.717) is 25.7 Å². The maximum absolute atomic E-state index is 11.7. The number of phenols is 1. The zero-order valence-electron chi connectivity index (χ0n) is 18.8. The molecule has 1 aromatic heterocycles.